The number of nitrogens with one attached hydrogen (secondary N) is 1. The molecule has 0 radical (unpaired) electrons. The zero-order chi connectivity index (χ0) is 14.5. The van der Waals surface area contributed by atoms with Gasteiger partial charge in [0.2, 0.25) is 5.95 Å². The van der Waals surface area contributed by atoms with Gasteiger partial charge in [0.05, 0.1) is 0 Å². The van der Waals surface area contributed by atoms with Crippen LogP contribution in [0.4, 0.5) is 5.95 Å². The Hall–Kier alpha value is -1.94. The highest BCUT2D eigenvalue weighted by Crippen LogP contribution is 2.19. The second-order valence-electron chi connectivity index (χ2n) is 5.70. The second-order valence-corrected chi connectivity index (χ2v) is 5.70. The standard InChI is InChI=1S/C17H22N4/c1-21(10-9-14-5-3-2-4-6-14)17-19-12-15(13-20-17)11-18-16-7-8-16/h2-6,12-13,16,18H,7-11H2,1H3. The third-order valence-electron chi connectivity index (χ3n) is 3.78. The van der Waals surface area contributed by atoms with E-state index in [1.54, 1.807) is 0 Å². The van der Waals surface area contributed by atoms with Crippen molar-refractivity contribution in [3.8, 4) is 0 Å². The zero-order valence-electron chi connectivity index (χ0n) is 12.5. The average Bonchev–Trinajstić information content (AvgIpc) is 3.36. The fraction of sp³-hybridized carbons (Fsp3) is 0.412. The number of aromatic nitrogens is 2. The molecule has 4 heteroatoms. The minimum atomic E-state index is 0.721. The van der Waals surface area contributed by atoms with Crippen LogP contribution in [0.25, 0.3) is 0 Å². The summed E-state index contributed by atoms with van der Waals surface area (Å²) in [6.07, 6.45) is 7.47. The van der Waals surface area contributed by atoms with Crippen molar-refractivity contribution in [1.29, 1.82) is 0 Å². The predicted octanol–water partition coefficient (Wildman–Crippen LogP) is 2.41. The Morgan fingerprint density at radius 2 is 1.81 bits per heavy atom. The number of hydrogen-bond donors (Lipinski definition) is 1. The molecule has 4 nitrogen and oxygen atoms in total. The van der Waals surface area contributed by atoms with E-state index < -0.39 is 0 Å². The van der Waals surface area contributed by atoms with E-state index in [0.717, 1.165) is 37.1 Å². The topological polar surface area (TPSA) is 41.1 Å². The van der Waals surface area contributed by atoms with E-state index in [4.69, 9.17) is 0 Å². The number of nitrogens with zero attached hydrogens (tertiary/aromatic N) is 3. The Balaban J connectivity index is 1.50. The van der Waals surface area contributed by atoms with Gasteiger partial charge in [-0.2, -0.15) is 0 Å². The summed E-state index contributed by atoms with van der Waals surface area (Å²) in [6.45, 7) is 1.79. The Morgan fingerprint density at radius 3 is 2.48 bits per heavy atom. The summed E-state index contributed by atoms with van der Waals surface area (Å²) >= 11 is 0. The maximum Gasteiger partial charge on any atom is 0.225 e. The summed E-state index contributed by atoms with van der Waals surface area (Å²) in [5, 5.41) is 3.47. The largest absolute Gasteiger partial charge is 0.344 e. The van der Waals surface area contributed by atoms with Gasteiger partial charge in [-0.15, -0.1) is 0 Å². The minimum Gasteiger partial charge on any atom is -0.344 e. The number of rotatable bonds is 7. The lowest BCUT2D eigenvalue weighted by Gasteiger charge is -2.17. The molecule has 2 aromatic rings. The van der Waals surface area contributed by atoms with Crippen molar-refractivity contribution in [3.63, 3.8) is 0 Å². The molecule has 0 amide bonds. The first-order valence-electron chi connectivity index (χ1n) is 7.60. The van der Waals surface area contributed by atoms with Crippen LogP contribution in [0.1, 0.15) is 24.0 Å². The van der Waals surface area contributed by atoms with E-state index >= 15 is 0 Å². The molecule has 21 heavy (non-hydrogen) atoms. The molecule has 0 saturated heterocycles. The SMILES string of the molecule is CN(CCc1ccccc1)c1ncc(CNC2CC2)cn1. The van der Waals surface area contributed by atoms with E-state index in [0.29, 0.717) is 0 Å². The van der Waals surface area contributed by atoms with Crippen LogP contribution in [0.3, 0.4) is 0 Å². The molecule has 0 aliphatic heterocycles. The van der Waals surface area contributed by atoms with Crippen LogP contribution >= 0.6 is 0 Å². The molecule has 110 valence electrons. The number of hydrogen-bond acceptors (Lipinski definition) is 4. The van der Waals surface area contributed by atoms with Crippen molar-refractivity contribution in [1.82, 2.24) is 15.3 Å². The quantitative estimate of drug-likeness (QED) is 0.846. The summed E-state index contributed by atoms with van der Waals surface area (Å²) in [5.41, 5.74) is 2.50. The van der Waals surface area contributed by atoms with Crippen LogP contribution in [0, 0.1) is 0 Å². The molecule has 1 N–H and O–H groups in total. The van der Waals surface area contributed by atoms with E-state index in [1.807, 2.05) is 25.5 Å². The monoisotopic (exact) mass is 282 g/mol. The van der Waals surface area contributed by atoms with Gasteiger partial charge in [-0.1, -0.05) is 30.3 Å². The lowest BCUT2D eigenvalue weighted by Crippen LogP contribution is -2.23. The van der Waals surface area contributed by atoms with Crippen molar-refractivity contribution < 1.29 is 0 Å². The highest BCUT2D eigenvalue weighted by atomic mass is 15.2. The predicted molar refractivity (Wildman–Crippen MR) is 85.3 cm³/mol. The molecule has 1 aromatic heterocycles. The molecule has 3 rings (SSSR count). The van der Waals surface area contributed by atoms with Crippen LogP contribution in [0.5, 0.6) is 0 Å². The first kappa shape index (κ1) is 14.0. The number of benzene rings is 1. The van der Waals surface area contributed by atoms with Gasteiger partial charge in [0.15, 0.2) is 0 Å². The summed E-state index contributed by atoms with van der Waals surface area (Å²) in [6, 6.07) is 11.2. The summed E-state index contributed by atoms with van der Waals surface area (Å²) < 4.78 is 0. The van der Waals surface area contributed by atoms with Gasteiger partial charge in [0.25, 0.3) is 0 Å². The highest BCUT2D eigenvalue weighted by molar-refractivity contribution is 5.29. The van der Waals surface area contributed by atoms with Gasteiger partial charge >= 0.3 is 0 Å². The molecule has 1 aliphatic carbocycles. The maximum atomic E-state index is 4.46. The van der Waals surface area contributed by atoms with Crippen LogP contribution < -0.4 is 10.2 Å². The molecule has 0 atom stereocenters. The fourth-order valence-corrected chi connectivity index (χ4v) is 2.23. The van der Waals surface area contributed by atoms with Crippen molar-refractivity contribution in [2.45, 2.75) is 31.8 Å². The van der Waals surface area contributed by atoms with Crippen molar-refractivity contribution in [2.75, 3.05) is 18.5 Å². The molecule has 0 bridgehead atoms. The van der Waals surface area contributed by atoms with Gasteiger partial charge in [-0.05, 0) is 24.8 Å². The first-order valence-corrected chi connectivity index (χ1v) is 7.60. The van der Waals surface area contributed by atoms with Crippen LogP contribution in [-0.2, 0) is 13.0 Å². The Labute approximate surface area is 126 Å². The third kappa shape index (κ3) is 4.26. The second kappa shape index (κ2) is 6.68. The van der Waals surface area contributed by atoms with E-state index in [9.17, 15) is 0 Å². The summed E-state index contributed by atoms with van der Waals surface area (Å²) in [4.78, 5) is 11.0. The molecule has 1 saturated carbocycles. The molecule has 1 aromatic carbocycles. The smallest absolute Gasteiger partial charge is 0.225 e. The molecular formula is C17H22N4. The molecule has 1 aliphatic rings. The summed E-state index contributed by atoms with van der Waals surface area (Å²) in [7, 11) is 2.04. The Kier molecular flexibility index (Phi) is 4.46. The maximum absolute atomic E-state index is 4.46. The molecule has 1 heterocycles. The Bertz CT molecular complexity index is 549. The fourth-order valence-electron chi connectivity index (χ4n) is 2.23. The van der Waals surface area contributed by atoms with E-state index in [2.05, 4.69) is 44.5 Å². The average molecular weight is 282 g/mol. The lowest BCUT2D eigenvalue weighted by atomic mass is 10.1. The zero-order valence-corrected chi connectivity index (χ0v) is 12.5. The first-order chi connectivity index (χ1) is 10.3. The molecular weight excluding hydrogens is 260 g/mol. The van der Waals surface area contributed by atoms with E-state index in [1.165, 1.54) is 18.4 Å². The minimum absolute atomic E-state index is 0.721. The lowest BCUT2D eigenvalue weighted by molar-refractivity contribution is 0.682. The normalized spacial score (nSPS) is 14.1. The molecule has 0 spiro atoms. The number of likely N-dealkylation sites (N-methyl/N-ethyl adjacent to an activating group) is 1. The van der Waals surface area contributed by atoms with Crippen LogP contribution in [-0.4, -0.2) is 29.6 Å². The Morgan fingerprint density at radius 1 is 1.10 bits per heavy atom. The number of anilines is 1. The van der Waals surface area contributed by atoms with Gasteiger partial charge in [-0.3, -0.25) is 0 Å². The van der Waals surface area contributed by atoms with Gasteiger partial charge < -0.3 is 10.2 Å². The van der Waals surface area contributed by atoms with Crippen molar-refractivity contribution in [3.05, 3.63) is 53.9 Å². The van der Waals surface area contributed by atoms with Gasteiger partial charge in [0.1, 0.15) is 0 Å². The van der Waals surface area contributed by atoms with Gasteiger partial charge in [-0.25, -0.2) is 9.97 Å². The van der Waals surface area contributed by atoms with Crippen LogP contribution in [0.15, 0.2) is 42.7 Å². The third-order valence-corrected chi connectivity index (χ3v) is 3.78. The summed E-state index contributed by atoms with van der Waals surface area (Å²) in [5.74, 6) is 0.793. The van der Waals surface area contributed by atoms with Gasteiger partial charge in [0, 0.05) is 44.1 Å². The van der Waals surface area contributed by atoms with Crippen LogP contribution in [0.2, 0.25) is 0 Å². The van der Waals surface area contributed by atoms with Crippen molar-refractivity contribution in [2.24, 2.45) is 0 Å². The molecule has 0 unspecified atom stereocenters. The van der Waals surface area contributed by atoms with Crippen molar-refractivity contribution >= 4 is 5.95 Å². The highest BCUT2D eigenvalue weighted by Gasteiger charge is 2.20. The molecule has 1 fully saturated rings. The van der Waals surface area contributed by atoms with E-state index in [-0.39, 0.29) is 0 Å².